The number of aromatic nitrogens is 4. The number of nitrogen functional groups attached to an aromatic ring is 1. The number of para-hydroxylation sites is 1. The van der Waals surface area contributed by atoms with Gasteiger partial charge < -0.3 is 19.7 Å². The molecule has 0 amide bonds. The highest BCUT2D eigenvalue weighted by molar-refractivity contribution is 7.52. The number of hydrogen-bond acceptors (Lipinski definition) is 10. The highest BCUT2D eigenvalue weighted by Crippen LogP contribution is 2.46. The van der Waals surface area contributed by atoms with E-state index >= 15 is 0 Å². The summed E-state index contributed by atoms with van der Waals surface area (Å²) in [6.07, 6.45) is 6.63. The zero-order chi connectivity index (χ0) is 27.1. The Morgan fingerprint density at radius 2 is 2.00 bits per heavy atom. The van der Waals surface area contributed by atoms with E-state index in [2.05, 4.69) is 20.0 Å². The van der Waals surface area contributed by atoms with E-state index in [1.165, 1.54) is 6.33 Å². The Bertz CT molecular complexity index is 1310. The summed E-state index contributed by atoms with van der Waals surface area (Å²) >= 11 is 0. The molecule has 0 bridgehead atoms. The van der Waals surface area contributed by atoms with Gasteiger partial charge in [0.2, 0.25) is 0 Å². The largest absolute Gasteiger partial charge is 0.472 e. The van der Waals surface area contributed by atoms with Crippen molar-refractivity contribution in [2.24, 2.45) is 5.92 Å². The Hall–Kier alpha value is -3.47. The molecule has 0 aliphatic carbocycles. The molecule has 2 aromatic heterocycles. The molecule has 0 spiro atoms. The fraction of sp³-hybridized carbons (Fsp3) is 0.440. The second-order valence-corrected chi connectivity index (χ2v) is 10.6. The van der Waals surface area contributed by atoms with E-state index in [0.29, 0.717) is 35.7 Å². The van der Waals surface area contributed by atoms with E-state index in [4.69, 9.17) is 24.3 Å². The molecule has 204 valence electrons. The zero-order valence-electron chi connectivity index (χ0n) is 21.6. The molecule has 1 aliphatic rings. The van der Waals surface area contributed by atoms with Crippen LogP contribution >= 0.6 is 7.75 Å². The predicted octanol–water partition coefficient (Wildman–Crippen LogP) is 4.37. The van der Waals surface area contributed by atoms with Gasteiger partial charge in [-0.1, -0.05) is 44.9 Å². The number of benzene rings is 1. The van der Waals surface area contributed by atoms with Gasteiger partial charge >= 0.3 is 13.7 Å². The van der Waals surface area contributed by atoms with Gasteiger partial charge in [0, 0.05) is 6.42 Å². The normalized spacial score (nSPS) is 17.6. The number of carbonyl (C=O) groups excluding carboxylic acids is 1. The summed E-state index contributed by atoms with van der Waals surface area (Å²) in [6, 6.07) is 7.64. The van der Waals surface area contributed by atoms with Crippen LogP contribution in [0.15, 0.2) is 54.8 Å². The summed E-state index contributed by atoms with van der Waals surface area (Å²) < 4.78 is 38.3. The van der Waals surface area contributed by atoms with Crippen LogP contribution in [0.25, 0.3) is 11.2 Å². The van der Waals surface area contributed by atoms with E-state index in [0.717, 1.165) is 12.8 Å². The average Bonchev–Trinajstić information content (AvgIpc) is 3.56. The summed E-state index contributed by atoms with van der Waals surface area (Å²) in [5, 5.41) is 2.70. The number of ether oxygens (including phenoxy) is 2. The van der Waals surface area contributed by atoms with Crippen molar-refractivity contribution >= 4 is 30.7 Å². The van der Waals surface area contributed by atoms with Crippen molar-refractivity contribution in [3.05, 3.63) is 54.8 Å². The van der Waals surface area contributed by atoms with Gasteiger partial charge in [0.1, 0.15) is 42.3 Å². The van der Waals surface area contributed by atoms with E-state index in [-0.39, 0.29) is 18.3 Å². The number of fused-ring (bicyclic) bond motifs is 1. The molecule has 1 aromatic carbocycles. The Morgan fingerprint density at radius 1 is 1.24 bits per heavy atom. The van der Waals surface area contributed by atoms with Crippen molar-refractivity contribution in [1.29, 1.82) is 0 Å². The molecule has 0 fully saturated rings. The monoisotopic (exact) mass is 544 g/mol. The molecule has 1 unspecified atom stereocenters. The maximum absolute atomic E-state index is 13.7. The predicted molar refractivity (Wildman–Crippen MR) is 141 cm³/mol. The van der Waals surface area contributed by atoms with Crippen LogP contribution in [0.1, 0.15) is 46.3 Å². The first-order valence-electron chi connectivity index (χ1n) is 12.5. The summed E-state index contributed by atoms with van der Waals surface area (Å²) in [6.45, 7) is 5.78. The molecular formula is C25H33N6O6P. The number of nitrogens with one attached hydrogen (secondary N) is 1. The first-order chi connectivity index (χ1) is 18.3. The molecule has 0 radical (unpaired) electrons. The van der Waals surface area contributed by atoms with Crippen LogP contribution in [0, 0.1) is 5.92 Å². The number of carbonyl (C=O) groups is 1. The van der Waals surface area contributed by atoms with E-state index in [1.54, 1.807) is 48.1 Å². The molecule has 1 aliphatic heterocycles. The van der Waals surface area contributed by atoms with Crippen LogP contribution in [0.5, 0.6) is 5.75 Å². The fourth-order valence-corrected chi connectivity index (χ4v) is 5.30. The third kappa shape index (κ3) is 6.69. The van der Waals surface area contributed by atoms with Crippen molar-refractivity contribution in [3.8, 4) is 5.75 Å². The number of esters is 1. The minimum Gasteiger partial charge on any atom is -0.472 e. The molecule has 0 saturated carbocycles. The van der Waals surface area contributed by atoms with Gasteiger partial charge in [0.25, 0.3) is 0 Å². The number of rotatable bonds is 13. The summed E-state index contributed by atoms with van der Waals surface area (Å²) in [5.41, 5.74) is 6.90. The molecule has 38 heavy (non-hydrogen) atoms. The second kappa shape index (κ2) is 12.4. The van der Waals surface area contributed by atoms with Crippen LogP contribution in [-0.4, -0.2) is 44.7 Å². The second-order valence-electron chi connectivity index (χ2n) is 8.90. The van der Waals surface area contributed by atoms with Gasteiger partial charge in [-0.2, -0.15) is 5.09 Å². The molecule has 3 heterocycles. The molecule has 4 rings (SSSR count). The van der Waals surface area contributed by atoms with Crippen molar-refractivity contribution in [1.82, 2.24) is 24.6 Å². The lowest BCUT2D eigenvalue weighted by Crippen LogP contribution is -2.36. The zero-order valence-corrected chi connectivity index (χ0v) is 22.5. The third-order valence-corrected chi connectivity index (χ3v) is 7.82. The van der Waals surface area contributed by atoms with Gasteiger partial charge in [-0.25, -0.2) is 19.5 Å². The molecule has 13 heteroatoms. The number of hydrogen-bond donors (Lipinski definition) is 2. The minimum atomic E-state index is -4.02. The summed E-state index contributed by atoms with van der Waals surface area (Å²) in [4.78, 5) is 25.1. The quantitative estimate of drug-likeness (QED) is 0.233. The van der Waals surface area contributed by atoms with Crippen LogP contribution in [0.3, 0.4) is 0 Å². The molecule has 12 nitrogen and oxygen atoms in total. The summed E-state index contributed by atoms with van der Waals surface area (Å²) in [5.74, 6) is 0.774. The Morgan fingerprint density at radius 3 is 2.74 bits per heavy atom. The van der Waals surface area contributed by atoms with Gasteiger partial charge in [-0.3, -0.25) is 13.9 Å². The van der Waals surface area contributed by atoms with Crippen LogP contribution < -0.4 is 15.3 Å². The van der Waals surface area contributed by atoms with E-state index in [1.807, 2.05) is 19.9 Å². The lowest BCUT2D eigenvalue weighted by atomic mass is 10.1. The number of nitrogens with two attached hydrogens (primary N) is 1. The van der Waals surface area contributed by atoms with Crippen molar-refractivity contribution in [2.75, 3.05) is 18.9 Å². The Balaban J connectivity index is 1.40. The fourth-order valence-electron chi connectivity index (χ4n) is 3.85. The Labute approximate surface area is 221 Å². The smallest absolute Gasteiger partial charge is 0.459 e. The highest BCUT2D eigenvalue weighted by Gasteiger charge is 2.34. The van der Waals surface area contributed by atoms with Crippen LogP contribution in [0.2, 0.25) is 0 Å². The number of imidazole rings is 1. The molecule has 3 N–H and O–H groups in total. The lowest BCUT2D eigenvalue weighted by molar-refractivity contribution is -0.146. The molecule has 0 saturated heterocycles. The SMILES string of the molecule is CCC(CC)COC(=O)[C@H](C)N[P@](=O)(OCC1=CCC(n2cnc3c(N)ncnc32)O1)Oc1ccccc1. The third-order valence-electron chi connectivity index (χ3n) is 6.20. The minimum absolute atomic E-state index is 0.160. The number of nitrogens with zero attached hydrogens (tertiary/aromatic N) is 4. The van der Waals surface area contributed by atoms with Crippen molar-refractivity contribution in [2.45, 2.75) is 52.3 Å². The van der Waals surface area contributed by atoms with Crippen LogP contribution in [0.4, 0.5) is 5.82 Å². The molecule has 3 atom stereocenters. The average molecular weight is 545 g/mol. The first kappa shape index (κ1) is 27.6. The van der Waals surface area contributed by atoms with Gasteiger partial charge in [-0.05, 0) is 31.1 Å². The first-order valence-corrected chi connectivity index (χ1v) is 14.1. The van der Waals surface area contributed by atoms with E-state index in [9.17, 15) is 9.36 Å². The van der Waals surface area contributed by atoms with E-state index < -0.39 is 26.0 Å². The maximum Gasteiger partial charge on any atom is 0.459 e. The highest BCUT2D eigenvalue weighted by atomic mass is 31.2. The number of anilines is 1. The molecular weight excluding hydrogens is 511 g/mol. The van der Waals surface area contributed by atoms with Crippen LogP contribution in [-0.2, 0) is 23.4 Å². The lowest BCUT2D eigenvalue weighted by Gasteiger charge is -2.24. The maximum atomic E-state index is 13.7. The van der Waals surface area contributed by atoms with Crippen molar-refractivity contribution in [3.63, 3.8) is 0 Å². The standard InChI is InChI=1S/C25H33N6O6P/c1-4-18(5-2)13-34-25(32)17(3)30-38(33,37-19-9-7-6-8-10-19)35-14-20-11-12-21(36-20)31-16-29-22-23(26)27-15-28-24(22)31/h6-11,15-18,21H,4-5,12-14H2,1-3H3,(H,30,33)(H2,26,27,28)/t17-,21?,38-/m0/s1. The Kier molecular flexibility index (Phi) is 8.98. The summed E-state index contributed by atoms with van der Waals surface area (Å²) in [7, 11) is -4.02. The van der Waals surface area contributed by atoms with Gasteiger partial charge in [-0.15, -0.1) is 0 Å². The van der Waals surface area contributed by atoms with Gasteiger partial charge in [0.15, 0.2) is 17.7 Å². The van der Waals surface area contributed by atoms with Gasteiger partial charge in [0.05, 0.1) is 6.61 Å². The molecule has 3 aromatic rings. The van der Waals surface area contributed by atoms with Crippen molar-refractivity contribution < 1.29 is 27.9 Å². The topological polar surface area (TPSA) is 153 Å².